The second-order valence-electron chi connectivity index (χ2n) is 11.2. The van der Waals surface area contributed by atoms with Gasteiger partial charge in [-0.2, -0.15) is 0 Å². The summed E-state index contributed by atoms with van der Waals surface area (Å²) in [6.45, 7) is 7.26. The zero-order valence-corrected chi connectivity index (χ0v) is 22.1. The average molecular weight is 531 g/mol. The van der Waals surface area contributed by atoms with E-state index in [2.05, 4.69) is 9.88 Å². The fourth-order valence-electron chi connectivity index (χ4n) is 5.27. The summed E-state index contributed by atoms with van der Waals surface area (Å²) in [7, 11) is 0. The highest BCUT2D eigenvalue weighted by Gasteiger charge is 2.49. The van der Waals surface area contributed by atoms with Crippen molar-refractivity contribution in [3.8, 4) is 17.0 Å². The Morgan fingerprint density at radius 2 is 1.95 bits per heavy atom. The van der Waals surface area contributed by atoms with Gasteiger partial charge in [0.1, 0.15) is 22.8 Å². The number of hydrogen-bond acceptors (Lipinski definition) is 6. The van der Waals surface area contributed by atoms with E-state index in [0.29, 0.717) is 36.1 Å². The zero-order valence-electron chi connectivity index (χ0n) is 22.1. The second-order valence-corrected chi connectivity index (χ2v) is 11.2. The van der Waals surface area contributed by atoms with Crippen molar-refractivity contribution in [3.63, 3.8) is 0 Å². The van der Waals surface area contributed by atoms with Gasteiger partial charge in [0.2, 0.25) is 5.91 Å². The number of nitrogens with two attached hydrogens (primary N) is 1. The Morgan fingerprint density at radius 1 is 1.24 bits per heavy atom. The first kappa shape index (κ1) is 27.9. The number of benzene rings is 1. The molecule has 1 aromatic heterocycles. The number of aliphatic hydroxyl groups excluding tert-OH is 1. The number of alkyl halides is 1. The second kappa shape index (κ2) is 10.9. The third-order valence-corrected chi connectivity index (χ3v) is 7.42. The summed E-state index contributed by atoms with van der Waals surface area (Å²) < 4.78 is 34.8. The minimum atomic E-state index is -1.39. The average Bonchev–Trinajstić information content (AvgIpc) is 3.18. The first-order valence-electron chi connectivity index (χ1n) is 13.0. The molecule has 0 aliphatic carbocycles. The molecule has 0 spiro atoms. The van der Waals surface area contributed by atoms with Gasteiger partial charge in [0.05, 0.1) is 30.2 Å². The molecule has 206 valence electrons. The van der Waals surface area contributed by atoms with Crippen LogP contribution in [-0.4, -0.2) is 81.8 Å². The number of pyridine rings is 1. The smallest absolute Gasteiger partial charge is 0.257 e. The van der Waals surface area contributed by atoms with Crippen LogP contribution >= 0.6 is 0 Å². The predicted octanol–water partition coefficient (Wildman–Crippen LogP) is 3.18. The number of piperidine rings is 1. The molecule has 2 aliphatic rings. The van der Waals surface area contributed by atoms with Gasteiger partial charge in [-0.25, -0.2) is 8.78 Å². The first-order valence-corrected chi connectivity index (χ1v) is 13.0. The lowest BCUT2D eigenvalue weighted by Gasteiger charge is -2.34. The molecule has 0 bridgehead atoms. The minimum absolute atomic E-state index is 0.00277. The highest BCUT2D eigenvalue weighted by molar-refractivity contribution is 5.99. The van der Waals surface area contributed by atoms with E-state index < -0.39 is 34.9 Å². The van der Waals surface area contributed by atoms with E-state index in [4.69, 9.17) is 10.5 Å². The molecule has 2 atom stereocenters. The van der Waals surface area contributed by atoms with E-state index in [0.717, 1.165) is 30.8 Å². The van der Waals surface area contributed by atoms with Crippen molar-refractivity contribution < 1.29 is 28.2 Å². The molecule has 0 radical (unpaired) electrons. The summed E-state index contributed by atoms with van der Waals surface area (Å²) in [6.07, 6.45) is 2.56. The number of ether oxygens (including phenoxy) is 1. The third-order valence-electron chi connectivity index (χ3n) is 7.42. The van der Waals surface area contributed by atoms with E-state index in [1.807, 2.05) is 0 Å². The highest BCUT2D eigenvalue weighted by atomic mass is 19.1. The molecule has 0 unspecified atom stereocenters. The third kappa shape index (κ3) is 6.30. The Bertz CT molecular complexity index is 1160. The van der Waals surface area contributed by atoms with Crippen molar-refractivity contribution in [1.29, 1.82) is 0 Å². The molecule has 0 saturated carbocycles. The maximum absolute atomic E-state index is 15.0. The number of hydrogen-bond donors (Lipinski definition) is 2. The first-order chi connectivity index (χ1) is 17.9. The molecule has 2 amide bonds. The number of aromatic nitrogens is 1. The maximum Gasteiger partial charge on any atom is 0.257 e. The summed E-state index contributed by atoms with van der Waals surface area (Å²) in [5.41, 5.74) is 3.66. The normalized spacial score (nSPS) is 23.0. The van der Waals surface area contributed by atoms with Crippen LogP contribution in [0.4, 0.5) is 8.78 Å². The number of carbonyl (C=O) groups is 2. The van der Waals surface area contributed by atoms with Crippen LogP contribution in [-0.2, 0) is 4.79 Å². The number of likely N-dealkylation sites (tertiary alicyclic amines) is 2. The topological polar surface area (TPSA) is 109 Å². The Balaban J connectivity index is 1.35. The van der Waals surface area contributed by atoms with Crippen LogP contribution in [0.25, 0.3) is 11.3 Å². The Morgan fingerprint density at radius 3 is 2.53 bits per heavy atom. The molecule has 8 nitrogen and oxygen atoms in total. The molecule has 10 heteroatoms. The summed E-state index contributed by atoms with van der Waals surface area (Å²) in [4.78, 5) is 32.6. The van der Waals surface area contributed by atoms with Gasteiger partial charge in [0.15, 0.2) is 0 Å². The number of carbonyl (C=O) groups excluding carboxylic acids is 2. The quantitative estimate of drug-likeness (QED) is 0.543. The predicted molar refractivity (Wildman–Crippen MR) is 139 cm³/mol. The standard InChI is InChI=1S/C28H36F2N4O4/c1-27(2,30)17-33-10-8-18(9-11-33)16-38-21-5-7-24(32-14-21)19-4-6-22(23(29)12-19)25(36)34-15-20(35)13-28(34,3)26(31)37/h4-7,12,14,18,20,35H,8-11,13,15-17H2,1-3H3,(H2,31,37)/t20-,28+/m1/s1. The lowest BCUT2D eigenvalue weighted by molar-refractivity contribution is -0.126. The van der Waals surface area contributed by atoms with Crippen LogP contribution in [0.3, 0.4) is 0 Å². The molecule has 4 rings (SSSR count). The van der Waals surface area contributed by atoms with E-state index in [9.17, 15) is 19.1 Å². The van der Waals surface area contributed by atoms with Crippen molar-refractivity contribution in [1.82, 2.24) is 14.8 Å². The lowest BCUT2D eigenvalue weighted by atomic mass is 9.96. The van der Waals surface area contributed by atoms with Gasteiger partial charge in [0.25, 0.3) is 5.91 Å². The van der Waals surface area contributed by atoms with Crippen LogP contribution in [0.5, 0.6) is 5.75 Å². The molecule has 3 heterocycles. The number of primary amides is 1. The van der Waals surface area contributed by atoms with Gasteiger partial charge in [0, 0.05) is 25.1 Å². The number of β-amino-alcohol motifs (C(OH)–C–C–N with tert-alkyl or cyclic N) is 1. The van der Waals surface area contributed by atoms with Crippen LogP contribution in [0, 0.1) is 11.7 Å². The minimum Gasteiger partial charge on any atom is -0.492 e. The number of aliphatic hydroxyl groups is 1. The fourth-order valence-corrected chi connectivity index (χ4v) is 5.27. The Hall–Kier alpha value is -3.11. The molecular formula is C28H36F2N4O4. The van der Waals surface area contributed by atoms with Gasteiger partial charge in [-0.3, -0.25) is 14.6 Å². The molecular weight excluding hydrogens is 494 g/mol. The van der Waals surface area contributed by atoms with Crippen LogP contribution < -0.4 is 10.5 Å². The summed E-state index contributed by atoms with van der Waals surface area (Å²) in [5, 5.41) is 10.00. The highest BCUT2D eigenvalue weighted by Crippen LogP contribution is 2.32. The van der Waals surface area contributed by atoms with Crippen molar-refractivity contribution in [3.05, 3.63) is 47.9 Å². The number of rotatable bonds is 8. The van der Waals surface area contributed by atoms with Gasteiger partial charge in [-0.15, -0.1) is 0 Å². The monoisotopic (exact) mass is 530 g/mol. The van der Waals surface area contributed by atoms with Crippen LogP contribution in [0.2, 0.25) is 0 Å². The number of halogens is 2. The summed E-state index contributed by atoms with van der Waals surface area (Å²) in [5.74, 6) is -1.22. The fraction of sp³-hybridized carbons (Fsp3) is 0.536. The summed E-state index contributed by atoms with van der Waals surface area (Å²) >= 11 is 0. The maximum atomic E-state index is 15.0. The van der Waals surface area contributed by atoms with Gasteiger partial charge in [-0.05, 0) is 76.9 Å². The van der Waals surface area contributed by atoms with Gasteiger partial charge >= 0.3 is 0 Å². The van der Waals surface area contributed by atoms with Crippen molar-refractivity contribution >= 4 is 11.8 Å². The number of amides is 2. The van der Waals surface area contributed by atoms with Crippen molar-refractivity contribution in [2.24, 2.45) is 11.7 Å². The van der Waals surface area contributed by atoms with E-state index in [1.165, 1.54) is 19.1 Å². The molecule has 38 heavy (non-hydrogen) atoms. The molecule has 2 aromatic rings. The Kier molecular flexibility index (Phi) is 8.04. The number of nitrogens with zero attached hydrogens (tertiary/aromatic N) is 3. The van der Waals surface area contributed by atoms with Crippen molar-refractivity contribution in [2.45, 2.75) is 57.3 Å². The van der Waals surface area contributed by atoms with E-state index >= 15 is 4.39 Å². The SMILES string of the molecule is CC(C)(F)CN1CCC(COc2ccc(-c3ccc(C(=O)N4C[C@H](O)C[C@@]4(C)C(N)=O)c(F)c3)nc2)CC1. The summed E-state index contributed by atoms with van der Waals surface area (Å²) in [6, 6.07) is 7.64. The van der Waals surface area contributed by atoms with Gasteiger partial charge in [-0.1, -0.05) is 6.07 Å². The van der Waals surface area contributed by atoms with E-state index in [-0.39, 0.29) is 18.5 Å². The molecule has 3 N–H and O–H groups in total. The molecule has 2 fully saturated rings. The largest absolute Gasteiger partial charge is 0.492 e. The molecule has 2 saturated heterocycles. The zero-order chi connectivity index (χ0) is 27.7. The van der Waals surface area contributed by atoms with Crippen LogP contribution in [0.1, 0.15) is 50.4 Å². The lowest BCUT2D eigenvalue weighted by Crippen LogP contribution is -2.54. The van der Waals surface area contributed by atoms with Gasteiger partial charge < -0.3 is 25.4 Å². The molecule has 1 aromatic carbocycles. The van der Waals surface area contributed by atoms with Crippen molar-refractivity contribution in [2.75, 3.05) is 32.8 Å². The molecule has 2 aliphatic heterocycles. The van der Waals surface area contributed by atoms with E-state index in [1.54, 1.807) is 38.2 Å². The van der Waals surface area contributed by atoms with Crippen LogP contribution in [0.15, 0.2) is 36.5 Å². The Labute approximate surface area is 221 Å².